The third kappa shape index (κ3) is 3.01. The molecule has 4 aromatic rings. The van der Waals surface area contributed by atoms with Gasteiger partial charge in [-0.15, -0.1) is 11.3 Å². The van der Waals surface area contributed by atoms with Gasteiger partial charge in [-0.1, -0.05) is 6.07 Å². The summed E-state index contributed by atoms with van der Waals surface area (Å²) in [5.41, 5.74) is 1.52. The molecule has 0 amide bonds. The van der Waals surface area contributed by atoms with Crippen molar-refractivity contribution in [2.24, 2.45) is 14.1 Å². The van der Waals surface area contributed by atoms with E-state index in [9.17, 15) is 9.59 Å². The summed E-state index contributed by atoms with van der Waals surface area (Å²) in [6, 6.07) is 5.63. The van der Waals surface area contributed by atoms with Gasteiger partial charge in [-0.25, -0.2) is 14.8 Å². The second-order valence-corrected chi connectivity index (χ2v) is 7.29. The minimum Gasteiger partial charge on any atom is -0.493 e. The van der Waals surface area contributed by atoms with Gasteiger partial charge in [-0.2, -0.15) is 0 Å². The van der Waals surface area contributed by atoms with Crippen molar-refractivity contribution in [3.8, 4) is 22.1 Å². The van der Waals surface area contributed by atoms with Crippen LogP contribution < -0.4 is 20.7 Å². The third-order valence-corrected chi connectivity index (χ3v) is 5.66. The number of aryl methyl sites for hydroxylation is 1. The normalized spacial score (nSPS) is 11.2. The molecule has 0 N–H and O–H groups in total. The zero-order valence-corrected chi connectivity index (χ0v) is 17.2. The monoisotopic (exact) mass is 413 g/mol. The SMILES string of the molecule is COc1cccc(-c2nc(Cn3cnc4c3c(=O)n(C)c(=O)n4C)cs2)c1OC. The van der Waals surface area contributed by atoms with Crippen molar-refractivity contribution in [3.05, 3.63) is 56.4 Å². The fraction of sp³-hybridized carbons (Fsp3) is 0.263. The van der Waals surface area contributed by atoms with Crippen LogP contribution in [0.4, 0.5) is 0 Å². The first-order valence-corrected chi connectivity index (χ1v) is 9.60. The van der Waals surface area contributed by atoms with E-state index in [1.807, 2.05) is 23.6 Å². The third-order valence-electron chi connectivity index (χ3n) is 4.73. The lowest BCUT2D eigenvalue weighted by Crippen LogP contribution is -2.37. The predicted molar refractivity (Wildman–Crippen MR) is 110 cm³/mol. The van der Waals surface area contributed by atoms with E-state index in [1.54, 1.807) is 32.2 Å². The second-order valence-electron chi connectivity index (χ2n) is 6.44. The molecule has 0 saturated carbocycles. The van der Waals surface area contributed by atoms with Gasteiger partial charge < -0.3 is 14.0 Å². The van der Waals surface area contributed by atoms with Crippen LogP contribution in [0.15, 0.2) is 39.5 Å². The van der Waals surface area contributed by atoms with Gasteiger partial charge in [-0.3, -0.25) is 13.9 Å². The Hall–Kier alpha value is -3.40. The Kier molecular flexibility index (Phi) is 4.71. The van der Waals surface area contributed by atoms with Crippen molar-refractivity contribution in [1.29, 1.82) is 0 Å². The van der Waals surface area contributed by atoms with E-state index >= 15 is 0 Å². The molecule has 1 aromatic carbocycles. The molecule has 0 atom stereocenters. The lowest BCUT2D eigenvalue weighted by Gasteiger charge is -2.10. The topological polar surface area (TPSA) is 93.2 Å². The summed E-state index contributed by atoms with van der Waals surface area (Å²) in [5, 5.41) is 2.70. The second kappa shape index (κ2) is 7.21. The van der Waals surface area contributed by atoms with Crippen molar-refractivity contribution < 1.29 is 9.47 Å². The zero-order chi connectivity index (χ0) is 20.7. The molecule has 0 radical (unpaired) electrons. The Balaban J connectivity index is 1.75. The molecule has 10 heteroatoms. The van der Waals surface area contributed by atoms with Gasteiger partial charge in [0.15, 0.2) is 22.7 Å². The van der Waals surface area contributed by atoms with Crippen LogP contribution in [0.2, 0.25) is 0 Å². The summed E-state index contributed by atoms with van der Waals surface area (Å²) in [6.07, 6.45) is 1.55. The Bertz CT molecular complexity index is 1330. The smallest absolute Gasteiger partial charge is 0.332 e. The first-order chi connectivity index (χ1) is 14.0. The van der Waals surface area contributed by atoms with Gasteiger partial charge in [0, 0.05) is 19.5 Å². The molecule has 0 spiro atoms. The number of fused-ring (bicyclic) bond motifs is 1. The molecule has 150 valence electrons. The first kappa shape index (κ1) is 18.9. The number of ether oxygens (including phenoxy) is 2. The molecule has 0 aliphatic carbocycles. The quantitative estimate of drug-likeness (QED) is 0.494. The summed E-state index contributed by atoms with van der Waals surface area (Å²) in [5.74, 6) is 1.25. The molecule has 0 bridgehead atoms. The van der Waals surface area contributed by atoms with E-state index in [1.165, 1.54) is 23.0 Å². The lowest BCUT2D eigenvalue weighted by atomic mass is 10.2. The van der Waals surface area contributed by atoms with Crippen molar-refractivity contribution in [3.63, 3.8) is 0 Å². The number of nitrogens with zero attached hydrogens (tertiary/aromatic N) is 5. The van der Waals surface area contributed by atoms with E-state index < -0.39 is 5.69 Å². The molecule has 0 aliphatic rings. The molecule has 0 fully saturated rings. The van der Waals surface area contributed by atoms with Crippen LogP contribution in [0.25, 0.3) is 21.7 Å². The molecule has 0 saturated heterocycles. The van der Waals surface area contributed by atoms with Gasteiger partial charge in [-0.05, 0) is 12.1 Å². The maximum atomic E-state index is 12.6. The Morgan fingerprint density at radius 1 is 1.10 bits per heavy atom. The molecule has 9 nitrogen and oxygen atoms in total. The molecule has 3 heterocycles. The molecular formula is C19H19N5O4S. The zero-order valence-electron chi connectivity index (χ0n) is 16.4. The maximum absolute atomic E-state index is 12.6. The fourth-order valence-electron chi connectivity index (χ4n) is 3.25. The average Bonchev–Trinajstić information content (AvgIpc) is 3.37. The highest BCUT2D eigenvalue weighted by molar-refractivity contribution is 7.13. The summed E-state index contributed by atoms with van der Waals surface area (Å²) < 4.78 is 15.0. The number of hydrogen-bond acceptors (Lipinski definition) is 7. The van der Waals surface area contributed by atoms with Crippen molar-refractivity contribution in [2.45, 2.75) is 6.54 Å². The van der Waals surface area contributed by atoms with Crippen LogP contribution in [0.1, 0.15) is 5.69 Å². The Morgan fingerprint density at radius 3 is 2.62 bits per heavy atom. The van der Waals surface area contributed by atoms with Crippen molar-refractivity contribution >= 4 is 22.5 Å². The molecule has 3 aromatic heterocycles. The number of para-hydroxylation sites is 1. The highest BCUT2D eigenvalue weighted by Crippen LogP contribution is 2.39. The Morgan fingerprint density at radius 2 is 1.90 bits per heavy atom. The van der Waals surface area contributed by atoms with Crippen LogP contribution in [0.5, 0.6) is 11.5 Å². The number of hydrogen-bond donors (Lipinski definition) is 0. The highest BCUT2D eigenvalue weighted by atomic mass is 32.1. The van der Waals surface area contributed by atoms with Crippen molar-refractivity contribution in [2.75, 3.05) is 14.2 Å². The van der Waals surface area contributed by atoms with Gasteiger partial charge in [0.25, 0.3) is 5.56 Å². The number of aromatic nitrogens is 5. The standard InChI is InChI=1S/C19H19N5O4S/c1-22-16-14(18(25)23(2)19(22)26)24(10-20-16)8-11-9-29-17(21-11)12-6-5-7-13(27-3)15(12)28-4/h5-7,9-10H,8H2,1-4H3. The molecule has 0 aliphatic heterocycles. The predicted octanol–water partition coefficient (Wildman–Crippen LogP) is 1.62. The molecule has 0 unspecified atom stereocenters. The van der Waals surface area contributed by atoms with Crippen LogP contribution in [0.3, 0.4) is 0 Å². The van der Waals surface area contributed by atoms with Crippen LogP contribution in [-0.4, -0.2) is 37.9 Å². The largest absolute Gasteiger partial charge is 0.493 e. The van der Waals surface area contributed by atoms with Crippen molar-refractivity contribution in [1.82, 2.24) is 23.7 Å². The van der Waals surface area contributed by atoms with E-state index in [2.05, 4.69) is 4.98 Å². The minimum atomic E-state index is -0.409. The fourth-order valence-corrected chi connectivity index (χ4v) is 4.08. The van der Waals surface area contributed by atoms with E-state index in [-0.39, 0.29) is 5.56 Å². The van der Waals surface area contributed by atoms with Gasteiger partial charge in [0.2, 0.25) is 0 Å². The summed E-state index contributed by atoms with van der Waals surface area (Å²) in [4.78, 5) is 33.6. The number of thiazole rings is 1. The van der Waals surface area contributed by atoms with Gasteiger partial charge in [0.1, 0.15) is 5.01 Å². The lowest BCUT2D eigenvalue weighted by molar-refractivity contribution is 0.356. The molecule has 29 heavy (non-hydrogen) atoms. The maximum Gasteiger partial charge on any atom is 0.332 e. The summed E-state index contributed by atoms with van der Waals surface area (Å²) in [6.45, 7) is 0.354. The number of imidazole rings is 1. The van der Waals surface area contributed by atoms with Crippen LogP contribution in [-0.2, 0) is 20.6 Å². The number of methoxy groups -OCH3 is 2. The summed E-state index contributed by atoms with van der Waals surface area (Å²) >= 11 is 1.47. The number of benzene rings is 1. The van der Waals surface area contributed by atoms with Crippen LogP contribution in [0, 0.1) is 0 Å². The Labute approximate surface area is 169 Å². The van der Waals surface area contributed by atoms with E-state index in [0.29, 0.717) is 29.2 Å². The van der Waals surface area contributed by atoms with E-state index in [0.717, 1.165) is 20.8 Å². The van der Waals surface area contributed by atoms with E-state index in [4.69, 9.17) is 14.5 Å². The summed E-state index contributed by atoms with van der Waals surface area (Å²) in [7, 11) is 6.23. The van der Waals surface area contributed by atoms with Gasteiger partial charge >= 0.3 is 5.69 Å². The average molecular weight is 413 g/mol. The highest BCUT2D eigenvalue weighted by Gasteiger charge is 2.17. The number of rotatable bonds is 5. The van der Waals surface area contributed by atoms with Gasteiger partial charge in [0.05, 0.1) is 38.3 Å². The first-order valence-electron chi connectivity index (χ1n) is 8.72. The van der Waals surface area contributed by atoms with Crippen LogP contribution >= 0.6 is 11.3 Å². The molecule has 4 rings (SSSR count). The minimum absolute atomic E-state index is 0.350. The molecular weight excluding hydrogens is 394 g/mol.